The predicted molar refractivity (Wildman–Crippen MR) is 67.9 cm³/mol. The molecule has 106 valence electrons. The SMILES string of the molecule is CCC(NS(=O)(=O)C1CC1)C(=O)Oc1ccncn1.[H-].[K+]. The molecule has 2 rings (SSSR count). The Bertz CT molecular complexity index is 554. The van der Waals surface area contributed by atoms with Crippen LogP contribution in [0.2, 0.25) is 0 Å². The Labute approximate surface area is 161 Å². The number of hydrogen-bond donors (Lipinski definition) is 1. The van der Waals surface area contributed by atoms with E-state index in [1.807, 2.05) is 0 Å². The van der Waals surface area contributed by atoms with Crippen LogP contribution in [-0.2, 0) is 14.8 Å². The molecule has 0 aromatic carbocycles. The van der Waals surface area contributed by atoms with Gasteiger partial charge in [-0.1, -0.05) is 6.92 Å². The largest absolute Gasteiger partial charge is 1.00 e. The van der Waals surface area contributed by atoms with Gasteiger partial charge in [-0.25, -0.2) is 27.9 Å². The molecule has 1 N–H and O–H groups in total. The quantitative estimate of drug-likeness (QED) is 0.453. The van der Waals surface area contributed by atoms with Gasteiger partial charge >= 0.3 is 57.4 Å². The summed E-state index contributed by atoms with van der Waals surface area (Å²) in [5.41, 5.74) is 0. The van der Waals surface area contributed by atoms with Crippen molar-refractivity contribution in [3.8, 4) is 5.88 Å². The van der Waals surface area contributed by atoms with Crippen molar-refractivity contribution in [3.05, 3.63) is 18.6 Å². The number of nitrogens with one attached hydrogen (secondary N) is 1. The molecule has 1 aliphatic rings. The van der Waals surface area contributed by atoms with Crippen molar-refractivity contribution in [2.45, 2.75) is 37.5 Å². The molecule has 1 aromatic rings. The molecule has 9 heteroatoms. The third-order valence-electron chi connectivity index (χ3n) is 2.72. The van der Waals surface area contributed by atoms with Crippen molar-refractivity contribution in [1.82, 2.24) is 14.7 Å². The maximum atomic E-state index is 11.9. The third-order valence-corrected chi connectivity index (χ3v) is 4.68. The zero-order valence-electron chi connectivity index (χ0n) is 12.4. The van der Waals surface area contributed by atoms with Crippen LogP contribution in [0.5, 0.6) is 5.88 Å². The molecule has 1 saturated carbocycles. The van der Waals surface area contributed by atoms with Crippen LogP contribution < -0.4 is 60.8 Å². The molecular formula is C11H16KN3O4S. The topological polar surface area (TPSA) is 98.2 Å². The number of aromatic nitrogens is 2. The molecule has 1 unspecified atom stereocenters. The fraction of sp³-hybridized carbons (Fsp3) is 0.545. The molecule has 0 bridgehead atoms. The van der Waals surface area contributed by atoms with Crippen LogP contribution >= 0.6 is 0 Å². The molecule has 0 aliphatic heterocycles. The first-order valence-corrected chi connectivity index (χ1v) is 7.56. The summed E-state index contributed by atoms with van der Waals surface area (Å²) in [7, 11) is -3.42. The monoisotopic (exact) mass is 325 g/mol. The van der Waals surface area contributed by atoms with Gasteiger partial charge < -0.3 is 6.16 Å². The molecular weight excluding hydrogens is 309 g/mol. The van der Waals surface area contributed by atoms with Gasteiger partial charge in [0, 0.05) is 12.3 Å². The van der Waals surface area contributed by atoms with Crippen LogP contribution in [0.3, 0.4) is 0 Å². The third kappa shape index (κ3) is 5.13. The van der Waals surface area contributed by atoms with Crippen molar-refractivity contribution >= 4 is 16.0 Å². The van der Waals surface area contributed by atoms with Crippen LogP contribution in [-0.4, -0.2) is 35.6 Å². The predicted octanol–water partition coefficient (Wildman–Crippen LogP) is -2.64. The molecule has 0 radical (unpaired) electrons. The number of sulfonamides is 1. The van der Waals surface area contributed by atoms with E-state index < -0.39 is 22.0 Å². The van der Waals surface area contributed by atoms with Gasteiger partial charge in [-0.2, -0.15) is 0 Å². The molecule has 0 spiro atoms. The molecule has 1 fully saturated rings. The van der Waals surface area contributed by atoms with Gasteiger partial charge in [0.2, 0.25) is 15.9 Å². The number of nitrogens with zero attached hydrogens (tertiary/aromatic N) is 2. The minimum atomic E-state index is -3.42. The standard InChI is InChI=1S/C11H15N3O4S.K.H/c1-2-9(14-19(16,17)8-3-4-8)11(15)18-10-5-6-12-7-13-10;;/h5-9,14H,2-4H2,1H3;;/q;+1;-1. The summed E-state index contributed by atoms with van der Waals surface area (Å²) < 4.78 is 30.9. The molecule has 20 heavy (non-hydrogen) atoms. The van der Waals surface area contributed by atoms with Gasteiger partial charge in [0.15, 0.2) is 0 Å². The second-order valence-electron chi connectivity index (χ2n) is 4.29. The average Bonchev–Trinajstić information content (AvgIpc) is 3.21. The summed E-state index contributed by atoms with van der Waals surface area (Å²) in [4.78, 5) is 19.3. The van der Waals surface area contributed by atoms with Crippen molar-refractivity contribution in [2.75, 3.05) is 0 Å². The van der Waals surface area contributed by atoms with Gasteiger partial charge in [0.25, 0.3) is 0 Å². The summed E-state index contributed by atoms with van der Waals surface area (Å²) in [5, 5.41) is -0.367. The summed E-state index contributed by atoms with van der Waals surface area (Å²) in [6.07, 6.45) is 4.29. The van der Waals surface area contributed by atoms with E-state index in [-0.39, 0.29) is 63.9 Å². The van der Waals surface area contributed by atoms with Crippen LogP contribution in [0.4, 0.5) is 0 Å². The first-order valence-electron chi connectivity index (χ1n) is 6.01. The smallest absolute Gasteiger partial charge is 1.00 e. The Morgan fingerprint density at radius 2 is 2.30 bits per heavy atom. The molecule has 1 aliphatic carbocycles. The average molecular weight is 325 g/mol. The van der Waals surface area contributed by atoms with E-state index in [4.69, 9.17) is 4.74 Å². The number of rotatable bonds is 6. The van der Waals surface area contributed by atoms with Crippen molar-refractivity contribution in [1.29, 1.82) is 0 Å². The number of esters is 1. The Balaban J connectivity index is 0.00000200. The van der Waals surface area contributed by atoms with Crippen molar-refractivity contribution < 1.29 is 70.8 Å². The van der Waals surface area contributed by atoms with Crippen LogP contribution in [0, 0.1) is 0 Å². The zero-order chi connectivity index (χ0) is 13.9. The zero-order valence-corrected chi connectivity index (χ0v) is 15.4. The van der Waals surface area contributed by atoms with Gasteiger partial charge in [0.05, 0.1) is 5.25 Å². The van der Waals surface area contributed by atoms with Crippen LogP contribution in [0.15, 0.2) is 18.6 Å². The minimum Gasteiger partial charge on any atom is -1.00 e. The molecule has 1 aromatic heterocycles. The van der Waals surface area contributed by atoms with Crippen LogP contribution in [0.1, 0.15) is 27.6 Å². The Morgan fingerprint density at radius 1 is 1.60 bits per heavy atom. The Morgan fingerprint density at radius 3 is 2.80 bits per heavy atom. The second-order valence-corrected chi connectivity index (χ2v) is 6.28. The fourth-order valence-corrected chi connectivity index (χ4v) is 3.09. The summed E-state index contributed by atoms with van der Waals surface area (Å²) in [6.45, 7) is 1.71. The molecule has 7 nitrogen and oxygen atoms in total. The van der Waals surface area contributed by atoms with Gasteiger partial charge in [-0.05, 0) is 19.3 Å². The summed E-state index contributed by atoms with van der Waals surface area (Å²) in [5.74, 6) is -0.561. The van der Waals surface area contributed by atoms with E-state index in [1.54, 1.807) is 6.92 Å². The summed E-state index contributed by atoms with van der Waals surface area (Å²) in [6, 6.07) is 0.542. The molecule has 0 saturated heterocycles. The van der Waals surface area contributed by atoms with E-state index in [9.17, 15) is 13.2 Å². The van der Waals surface area contributed by atoms with E-state index >= 15 is 0 Å². The Hall–Kier alpha value is 0.0964. The normalized spacial score (nSPS) is 16.1. The second kappa shape index (κ2) is 7.92. The summed E-state index contributed by atoms with van der Waals surface area (Å²) >= 11 is 0. The van der Waals surface area contributed by atoms with E-state index in [0.717, 1.165) is 0 Å². The Kier molecular flexibility index (Phi) is 7.19. The number of carbonyl (C=O) groups is 1. The van der Waals surface area contributed by atoms with Gasteiger partial charge in [-0.3, -0.25) is 0 Å². The maximum Gasteiger partial charge on any atom is 1.00 e. The van der Waals surface area contributed by atoms with Gasteiger partial charge in [0.1, 0.15) is 12.4 Å². The fourth-order valence-electron chi connectivity index (χ4n) is 1.48. The van der Waals surface area contributed by atoms with Crippen molar-refractivity contribution in [3.63, 3.8) is 0 Å². The number of ether oxygens (including phenoxy) is 1. The first kappa shape index (κ1) is 18.1. The maximum absolute atomic E-state index is 11.9. The first-order chi connectivity index (χ1) is 9.03. The molecule has 0 amide bonds. The van der Waals surface area contributed by atoms with E-state index in [2.05, 4.69) is 14.7 Å². The van der Waals surface area contributed by atoms with E-state index in [0.29, 0.717) is 19.3 Å². The van der Waals surface area contributed by atoms with Crippen molar-refractivity contribution in [2.24, 2.45) is 0 Å². The molecule has 1 atom stereocenters. The minimum absolute atomic E-state index is 0. The number of carbonyl (C=O) groups excluding carboxylic acids is 1. The van der Waals surface area contributed by atoms with E-state index in [1.165, 1.54) is 18.6 Å². The van der Waals surface area contributed by atoms with Gasteiger partial charge in [-0.15, -0.1) is 0 Å². The molecule has 1 heterocycles. The number of hydrogen-bond acceptors (Lipinski definition) is 6. The van der Waals surface area contributed by atoms with Crippen LogP contribution in [0.25, 0.3) is 0 Å².